The van der Waals surface area contributed by atoms with E-state index in [4.69, 9.17) is 9.88 Å². The number of aryl methyl sites for hydroxylation is 1. The topological polar surface area (TPSA) is 102 Å². The second-order valence-electron chi connectivity index (χ2n) is 8.23. The highest BCUT2D eigenvalue weighted by molar-refractivity contribution is 9.10. The molecule has 1 spiro atoms. The number of anilines is 1. The SMILES string of the molecule is CC(C)(C)[S@](N)=O.Cc1nc(N2CCC3(CCOC3)CC2)c(CO)nc1Br. The van der Waals surface area contributed by atoms with Crippen molar-refractivity contribution < 1.29 is 14.1 Å². The number of hydrogen-bond donors (Lipinski definition) is 2. The molecule has 0 saturated carbocycles. The Morgan fingerprint density at radius 3 is 2.33 bits per heavy atom. The first-order valence-electron chi connectivity index (χ1n) is 9.21. The summed E-state index contributed by atoms with van der Waals surface area (Å²) in [4.78, 5) is 11.3. The Balaban J connectivity index is 0.000000321. The summed E-state index contributed by atoms with van der Waals surface area (Å²) in [6, 6.07) is 0. The Kier molecular flexibility index (Phi) is 7.78. The standard InChI is InChI=1S/C14H20BrN3O2.C4H11NOS/c1-10-12(15)17-11(8-19)13(16-10)18-5-2-14(3-6-18)4-7-20-9-14;1-4(2,3)7(5)6/h19H,2-9H2,1H3;5H2,1-3H3/t;7-/m.1/s1. The van der Waals surface area contributed by atoms with Gasteiger partial charge in [-0.3, -0.25) is 5.14 Å². The van der Waals surface area contributed by atoms with Gasteiger partial charge in [0.15, 0.2) is 5.82 Å². The fourth-order valence-corrected chi connectivity index (χ4v) is 3.42. The number of aliphatic hydroxyl groups excluding tert-OH is 1. The molecule has 0 aromatic carbocycles. The van der Waals surface area contributed by atoms with E-state index in [1.165, 1.54) is 6.42 Å². The van der Waals surface area contributed by atoms with Crippen molar-refractivity contribution in [3.63, 3.8) is 0 Å². The molecule has 1 aromatic heterocycles. The predicted octanol–water partition coefficient (Wildman–Crippen LogP) is 2.45. The number of nitrogens with zero attached hydrogens (tertiary/aromatic N) is 3. The second kappa shape index (κ2) is 9.26. The Labute approximate surface area is 172 Å². The molecule has 3 N–H and O–H groups in total. The minimum Gasteiger partial charge on any atom is -0.390 e. The number of halogens is 1. The molecule has 0 bridgehead atoms. The molecule has 3 heterocycles. The van der Waals surface area contributed by atoms with Crippen molar-refractivity contribution in [1.29, 1.82) is 0 Å². The molecule has 2 fully saturated rings. The van der Waals surface area contributed by atoms with E-state index in [0.717, 1.165) is 50.7 Å². The van der Waals surface area contributed by atoms with Gasteiger partial charge in [0.1, 0.15) is 10.3 Å². The molecule has 2 saturated heterocycles. The first-order chi connectivity index (χ1) is 12.6. The smallest absolute Gasteiger partial charge is 0.153 e. The lowest BCUT2D eigenvalue weighted by atomic mass is 9.78. The predicted molar refractivity (Wildman–Crippen MR) is 112 cm³/mol. The molecule has 9 heteroatoms. The number of hydrogen-bond acceptors (Lipinski definition) is 6. The molecule has 2 aliphatic rings. The van der Waals surface area contributed by atoms with E-state index < -0.39 is 11.0 Å². The van der Waals surface area contributed by atoms with Gasteiger partial charge in [-0.2, -0.15) is 0 Å². The lowest BCUT2D eigenvalue weighted by Gasteiger charge is -2.39. The molecule has 0 unspecified atom stereocenters. The van der Waals surface area contributed by atoms with Crippen molar-refractivity contribution in [2.24, 2.45) is 10.6 Å². The third kappa shape index (κ3) is 5.93. The Bertz CT molecular complexity index is 665. The second-order valence-corrected chi connectivity index (χ2v) is 10.8. The van der Waals surface area contributed by atoms with Crippen LogP contribution in [0.2, 0.25) is 0 Å². The van der Waals surface area contributed by atoms with Gasteiger partial charge in [-0.25, -0.2) is 14.2 Å². The molecule has 27 heavy (non-hydrogen) atoms. The Morgan fingerprint density at radius 1 is 1.30 bits per heavy atom. The van der Waals surface area contributed by atoms with Gasteiger partial charge < -0.3 is 14.7 Å². The maximum atomic E-state index is 10.4. The van der Waals surface area contributed by atoms with Crippen LogP contribution in [0.4, 0.5) is 5.82 Å². The van der Waals surface area contributed by atoms with Gasteiger partial charge in [-0.1, -0.05) is 0 Å². The normalized spacial score (nSPS) is 20.3. The van der Waals surface area contributed by atoms with Crippen LogP contribution in [0.1, 0.15) is 51.4 Å². The highest BCUT2D eigenvalue weighted by Gasteiger charge is 2.38. The number of ether oxygens (including phenoxy) is 1. The molecule has 154 valence electrons. The van der Waals surface area contributed by atoms with Crippen LogP contribution in [0.25, 0.3) is 0 Å². The van der Waals surface area contributed by atoms with Crippen LogP contribution in [0.3, 0.4) is 0 Å². The van der Waals surface area contributed by atoms with E-state index in [0.29, 0.717) is 15.7 Å². The van der Waals surface area contributed by atoms with Crippen LogP contribution in [0.5, 0.6) is 0 Å². The van der Waals surface area contributed by atoms with E-state index >= 15 is 0 Å². The largest absolute Gasteiger partial charge is 0.390 e. The summed E-state index contributed by atoms with van der Waals surface area (Å²) in [5, 5.41) is 14.5. The van der Waals surface area contributed by atoms with Crippen LogP contribution in [0.15, 0.2) is 4.60 Å². The van der Waals surface area contributed by atoms with E-state index in [1.54, 1.807) is 0 Å². The minimum atomic E-state index is -1.18. The quantitative estimate of drug-likeness (QED) is 0.699. The number of aliphatic hydroxyl groups is 1. The van der Waals surface area contributed by atoms with Crippen molar-refractivity contribution >= 4 is 32.7 Å². The Morgan fingerprint density at radius 2 is 1.89 bits per heavy atom. The van der Waals surface area contributed by atoms with Gasteiger partial charge in [-0.05, 0) is 68.3 Å². The first kappa shape index (κ1) is 22.7. The van der Waals surface area contributed by atoms with Gasteiger partial charge in [0, 0.05) is 19.7 Å². The zero-order chi connectivity index (χ0) is 20.2. The number of aromatic nitrogens is 2. The lowest BCUT2D eigenvalue weighted by molar-refractivity contribution is 0.133. The molecule has 2 aliphatic heterocycles. The fourth-order valence-electron chi connectivity index (χ4n) is 3.11. The number of piperidine rings is 1. The molecule has 0 radical (unpaired) electrons. The maximum absolute atomic E-state index is 10.4. The van der Waals surface area contributed by atoms with E-state index in [1.807, 2.05) is 27.7 Å². The zero-order valence-electron chi connectivity index (χ0n) is 16.6. The summed E-state index contributed by atoms with van der Waals surface area (Å²) in [6.45, 7) is 11.1. The van der Waals surface area contributed by atoms with Crippen LogP contribution < -0.4 is 10.0 Å². The summed E-state index contributed by atoms with van der Waals surface area (Å²) < 4.78 is 16.4. The van der Waals surface area contributed by atoms with E-state index in [-0.39, 0.29) is 11.4 Å². The van der Waals surface area contributed by atoms with Gasteiger partial charge in [0.05, 0.1) is 34.6 Å². The average Bonchev–Trinajstić information content (AvgIpc) is 3.05. The lowest BCUT2D eigenvalue weighted by Crippen LogP contribution is -2.41. The monoisotopic (exact) mass is 462 g/mol. The Hall–Kier alpha value is -0.610. The summed E-state index contributed by atoms with van der Waals surface area (Å²) in [5.41, 5.74) is 1.90. The van der Waals surface area contributed by atoms with Crippen molar-refractivity contribution in [1.82, 2.24) is 9.97 Å². The average molecular weight is 463 g/mol. The summed E-state index contributed by atoms with van der Waals surface area (Å²) in [6.07, 6.45) is 3.45. The zero-order valence-corrected chi connectivity index (χ0v) is 19.0. The third-order valence-electron chi connectivity index (χ3n) is 5.13. The highest BCUT2D eigenvalue weighted by Crippen LogP contribution is 2.40. The molecule has 7 nitrogen and oxygen atoms in total. The van der Waals surface area contributed by atoms with Crippen molar-refractivity contribution in [3.8, 4) is 0 Å². The van der Waals surface area contributed by atoms with Gasteiger partial charge >= 0.3 is 0 Å². The maximum Gasteiger partial charge on any atom is 0.153 e. The molecule has 0 aliphatic carbocycles. The van der Waals surface area contributed by atoms with E-state index in [2.05, 4.69) is 30.8 Å². The molecule has 3 rings (SSSR count). The van der Waals surface area contributed by atoms with E-state index in [9.17, 15) is 9.32 Å². The number of rotatable bonds is 2. The highest BCUT2D eigenvalue weighted by atomic mass is 79.9. The molecule has 1 atom stereocenters. The minimum absolute atomic E-state index is 0.0774. The van der Waals surface area contributed by atoms with Crippen molar-refractivity contribution in [2.45, 2.75) is 58.3 Å². The summed E-state index contributed by atoms with van der Waals surface area (Å²) in [7, 11) is -1.18. The number of nitrogens with two attached hydrogens (primary N) is 1. The van der Waals surface area contributed by atoms with Gasteiger partial charge in [0.2, 0.25) is 0 Å². The third-order valence-corrected chi connectivity index (χ3v) is 7.08. The fraction of sp³-hybridized carbons (Fsp3) is 0.778. The molecular formula is C18H31BrN4O3S. The van der Waals surface area contributed by atoms with Gasteiger partial charge in [-0.15, -0.1) is 0 Å². The van der Waals surface area contributed by atoms with Crippen LogP contribution in [-0.4, -0.2) is 50.3 Å². The molecule has 1 aromatic rings. The van der Waals surface area contributed by atoms with Gasteiger partial charge in [0.25, 0.3) is 0 Å². The van der Waals surface area contributed by atoms with Crippen molar-refractivity contribution in [2.75, 3.05) is 31.2 Å². The summed E-state index contributed by atoms with van der Waals surface area (Å²) >= 11 is 3.37. The first-order valence-corrected chi connectivity index (χ1v) is 11.2. The van der Waals surface area contributed by atoms with Crippen LogP contribution in [-0.2, 0) is 22.3 Å². The van der Waals surface area contributed by atoms with Crippen LogP contribution >= 0.6 is 15.9 Å². The molecule has 0 amide bonds. The summed E-state index contributed by atoms with van der Waals surface area (Å²) in [5.74, 6) is 0.835. The van der Waals surface area contributed by atoms with Crippen LogP contribution in [0, 0.1) is 12.3 Å². The van der Waals surface area contributed by atoms with Crippen molar-refractivity contribution in [3.05, 3.63) is 16.0 Å². The molecular weight excluding hydrogens is 432 g/mol.